The SMILES string of the molecule is CC.CC(=O)NCCc1cccs1. The van der Waals surface area contributed by atoms with Crippen molar-refractivity contribution in [3.8, 4) is 0 Å². The summed E-state index contributed by atoms with van der Waals surface area (Å²) in [6.45, 7) is 6.28. The summed E-state index contributed by atoms with van der Waals surface area (Å²) in [5, 5.41) is 4.80. The number of rotatable bonds is 3. The average Bonchev–Trinajstić information content (AvgIpc) is 2.60. The number of hydrogen-bond acceptors (Lipinski definition) is 2. The Labute approximate surface area is 84.0 Å². The summed E-state index contributed by atoms with van der Waals surface area (Å²) in [6.07, 6.45) is 0.942. The molecule has 0 bridgehead atoms. The lowest BCUT2D eigenvalue weighted by Gasteiger charge is -1.98. The molecule has 0 atom stereocenters. The van der Waals surface area contributed by atoms with Gasteiger partial charge in [-0.2, -0.15) is 0 Å². The first-order valence-electron chi connectivity index (χ1n) is 4.56. The van der Waals surface area contributed by atoms with Crippen LogP contribution in [0, 0.1) is 0 Å². The third-order valence-electron chi connectivity index (χ3n) is 1.33. The van der Waals surface area contributed by atoms with E-state index in [-0.39, 0.29) is 5.91 Å². The van der Waals surface area contributed by atoms with Gasteiger partial charge in [-0.25, -0.2) is 0 Å². The summed E-state index contributed by atoms with van der Waals surface area (Å²) in [5.74, 6) is 0.0431. The molecular weight excluding hydrogens is 182 g/mol. The third kappa shape index (κ3) is 6.34. The van der Waals surface area contributed by atoms with E-state index in [0.717, 1.165) is 13.0 Å². The number of hydrogen-bond donors (Lipinski definition) is 1. The molecule has 0 aromatic carbocycles. The highest BCUT2D eigenvalue weighted by atomic mass is 32.1. The summed E-state index contributed by atoms with van der Waals surface area (Å²) in [5.41, 5.74) is 0. The lowest BCUT2D eigenvalue weighted by Crippen LogP contribution is -2.21. The van der Waals surface area contributed by atoms with Crippen molar-refractivity contribution in [2.45, 2.75) is 27.2 Å². The van der Waals surface area contributed by atoms with Crippen LogP contribution in [0.2, 0.25) is 0 Å². The molecule has 74 valence electrons. The topological polar surface area (TPSA) is 29.1 Å². The van der Waals surface area contributed by atoms with Crippen molar-refractivity contribution in [3.05, 3.63) is 22.4 Å². The van der Waals surface area contributed by atoms with Crippen molar-refractivity contribution < 1.29 is 4.79 Å². The minimum atomic E-state index is 0.0431. The highest BCUT2D eigenvalue weighted by Crippen LogP contribution is 2.07. The molecule has 0 saturated heterocycles. The van der Waals surface area contributed by atoms with Gasteiger partial charge < -0.3 is 5.32 Å². The smallest absolute Gasteiger partial charge is 0.216 e. The highest BCUT2D eigenvalue weighted by molar-refractivity contribution is 7.09. The second kappa shape index (κ2) is 7.80. The first-order valence-corrected chi connectivity index (χ1v) is 5.44. The number of thiophene rings is 1. The van der Waals surface area contributed by atoms with Crippen LogP contribution >= 0.6 is 11.3 Å². The lowest BCUT2D eigenvalue weighted by molar-refractivity contribution is -0.118. The van der Waals surface area contributed by atoms with Crippen LogP contribution in [0.5, 0.6) is 0 Å². The van der Waals surface area contributed by atoms with E-state index in [4.69, 9.17) is 0 Å². The van der Waals surface area contributed by atoms with Crippen LogP contribution in [0.15, 0.2) is 17.5 Å². The summed E-state index contributed by atoms with van der Waals surface area (Å²) in [7, 11) is 0. The number of amides is 1. The van der Waals surface area contributed by atoms with E-state index in [1.807, 2.05) is 25.3 Å². The van der Waals surface area contributed by atoms with Crippen LogP contribution in [0.3, 0.4) is 0 Å². The van der Waals surface area contributed by atoms with Gasteiger partial charge in [0, 0.05) is 18.3 Å². The average molecular weight is 199 g/mol. The zero-order valence-electron chi connectivity index (χ0n) is 8.46. The second-order valence-corrected chi connectivity index (χ2v) is 3.34. The third-order valence-corrected chi connectivity index (χ3v) is 2.26. The van der Waals surface area contributed by atoms with E-state index in [2.05, 4.69) is 11.4 Å². The van der Waals surface area contributed by atoms with Crippen molar-refractivity contribution in [1.29, 1.82) is 0 Å². The Kier molecular flexibility index (Phi) is 7.30. The largest absolute Gasteiger partial charge is 0.356 e. The van der Waals surface area contributed by atoms with Crippen molar-refractivity contribution in [3.63, 3.8) is 0 Å². The molecule has 0 saturated carbocycles. The quantitative estimate of drug-likeness (QED) is 0.796. The second-order valence-electron chi connectivity index (χ2n) is 2.31. The minimum Gasteiger partial charge on any atom is -0.356 e. The number of carbonyl (C=O) groups is 1. The summed E-state index contributed by atoms with van der Waals surface area (Å²) in [6, 6.07) is 4.10. The molecular formula is C10H17NOS. The fourth-order valence-electron chi connectivity index (χ4n) is 0.817. The van der Waals surface area contributed by atoms with Gasteiger partial charge >= 0.3 is 0 Å². The number of carbonyl (C=O) groups excluding carboxylic acids is 1. The Balaban J connectivity index is 0.000000671. The Morgan fingerprint density at radius 3 is 2.69 bits per heavy atom. The van der Waals surface area contributed by atoms with Crippen LogP contribution in [-0.2, 0) is 11.2 Å². The molecule has 0 aliphatic carbocycles. The zero-order valence-corrected chi connectivity index (χ0v) is 9.28. The Hall–Kier alpha value is -0.830. The lowest BCUT2D eigenvalue weighted by atomic mass is 10.3. The molecule has 1 amide bonds. The predicted molar refractivity (Wildman–Crippen MR) is 58.1 cm³/mol. The molecule has 1 aromatic rings. The fourth-order valence-corrected chi connectivity index (χ4v) is 1.53. The summed E-state index contributed by atoms with van der Waals surface area (Å²) >= 11 is 1.72. The van der Waals surface area contributed by atoms with Gasteiger partial charge in [-0.15, -0.1) is 11.3 Å². The predicted octanol–water partition coefficient (Wildman–Crippen LogP) is 2.45. The molecule has 1 aromatic heterocycles. The maximum absolute atomic E-state index is 10.5. The van der Waals surface area contributed by atoms with Crippen molar-refractivity contribution >= 4 is 17.2 Å². The van der Waals surface area contributed by atoms with Crippen molar-refractivity contribution in [1.82, 2.24) is 5.32 Å². The molecule has 0 fully saturated rings. The first-order chi connectivity index (χ1) is 6.29. The molecule has 2 nitrogen and oxygen atoms in total. The fraction of sp³-hybridized carbons (Fsp3) is 0.500. The molecule has 1 rings (SSSR count). The zero-order chi connectivity index (χ0) is 10.1. The van der Waals surface area contributed by atoms with E-state index < -0.39 is 0 Å². The van der Waals surface area contributed by atoms with Crippen LogP contribution in [0.25, 0.3) is 0 Å². The molecule has 1 N–H and O–H groups in total. The van der Waals surface area contributed by atoms with Crippen LogP contribution in [0.4, 0.5) is 0 Å². The minimum absolute atomic E-state index is 0.0431. The van der Waals surface area contributed by atoms with Gasteiger partial charge in [0.05, 0.1) is 0 Å². The van der Waals surface area contributed by atoms with E-state index in [0.29, 0.717) is 0 Å². The Bertz CT molecular complexity index is 219. The van der Waals surface area contributed by atoms with Crippen LogP contribution < -0.4 is 5.32 Å². The van der Waals surface area contributed by atoms with Gasteiger partial charge in [0.2, 0.25) is 5.91 Å². The standard InChI is InChI=1S/C8H11NOS.C2H6/c1-7(10)9-5-4-8-3-2-6-11-8;1-2/h2-3,6H,4-5H2,1H3,(H,9,10);1-2H3. The summed E-state index contributed by atoms with van der Waals surface area (Å²) in [4.78, 5) is 11.8. The molecule has 0 aliphatic heterocycles. The molecule has 0 radical (unpaired) electrons. The maximum Gasteiger partial charge on any atom is 0.216 e. The van der Waals surface area contributed by atoms with Gasteiger partial charge in [-0.05, 0) is 17.9 Å². The van der Waals surface area contributed by atoms with Gasteiger partial charge in [0.15, 0.2) is 0 Å². The maximum atomic E-state index is 10.5. The first kappa shape index (κ1) is 12.2. The van der Waals surface area contributed by atoms with E-state index in [9.17, 15) is 4.79 Å². The van der Waals surface area contributed by atoms with Crippen LogP contribution in [0.1, 0.15) is 25.6 Å². The Morgan fingerprint density at radius 2 is 2.23 bits per heavy atom. The normalized spacial score (nSPS) is 8.54. The van der Waals surface area contributed by atoms with E-state index in [1.165, 1.54) is 11.8 Å². The molecule has 1 heterocycles. The van der Waals surface area contributed by atoms with Gasteiger partial charge in [-0.3, -0.25) is 4.79 Å². The number of nitrogens with one attached hydrogen (secondary N) is 1. The van der Waals surface area contributed by atoms with Crippen molar-refractivity contribution in [2.75, 3.05) is 6.54 Å². The molecule has 3 heteroatoms. The molecule has 13 heavy (non-hydrogen) atoms. The van der Waals surface area contributed by atoms with Gasteiger partial charge in [-0.1, -0.05) is 19.9 Å². The van der Waals surface area contributed by atoms with Gasteiger partial charge in [0.1, 0.15) is 0 Å². The molecule has 0 spiro atoms. The molecule has 0 aliphatic rings. The van der Waals surface area contributed by atoms with Crippen LogP contribution in [-0.4, -0.2) is 12.5 Å². The summed E-state index contributed by atoms with van der Waals surface area (Å²) < 4.78 is 0. The van der Waals surface area contributed by atoms with Crippen molar-refractivity contribution in [2.24, 2.45) is 0 Å². The highest BCUT2D eigenvalue weighted by Gasteiger charge is 1.93. The monoisotopic (exact) mass is 199 g/mol. The van der Waals surface area contributed by atoms with Gasteiger partial charge in [0.25, 0.3) is 0 Å². The Morgan fingerprint density at radius 1 is 1.54 bits per heavy atom. The van der Waals surface area contributed by atoms with E-state index >= 15 is 0 Å². The van der Waals surface area contributed by atoms with E-state index in [1.54, 1.807) is 11.3 Å². The molecule has 0 unspecified atom stereocenters.